The molecule has 1 aromatic heterocycles. The van der Waals surface area contributed by atoms with E-state index in [2.05, 4.69) is 25.6 Å². The van der Waals surface area contributed by atoms with E-state index in [1.54, 1.807) is 0 Å². The van der Waals surface area contributed by atoms with Gasteiger partial charge in [0.2, 0.25) is 17.8 Å². The van der Waals surface area contributed by atoms with Crippen LogP contribution in [-0.2, 0) is 0 Å². The first kappa shape index (κ1) is 10.9. The summed E-state index contributed by atoms with van der Waals surface area (Å²) in [5.74, 6) is 1.93. The predicted octanol–water partition coefficient (Wildman–Crippen LogP) is 0.944. The van der Waals surface area contributed by atoms with E-state index >= 15 is 0 Å². The van der Waals surface area contributed by atoms with Crippen LogP contribution in [0.5, 0.6) is 0 Å². The SMILES string of the molecule is CNc1nc(NC2CCC2)nc(N(C)C)n1. The summed E-state index contributed by atoms with van der Waals surface area (Å²) in [6.45, 7) is 0. The van der Waals surface area contributed by atoms with E-state index in [-0.39, 0.29) is 0 Å². The molecule has 0 bridgehead atoms. The Morgan fingerprint density at radius 2 is 1.81 bits per heavy atom. The van der Waals surface area contributed by atoms with E-state index < -0.39 is 0 Å². The van der Waals surface area contributed by atoms with Gasteiger partial charge in [0, 0.05) is 27.2 Å². The largest absolute Gasteiger partial charge is 0.357 e. The molecule has 1 fully saturated rings. The van der Waals surface area contributed by atoms with Crippen LogP contribution < -0.4 is 15.5 Å². The average Bonchev–Trinajstić information content (AvgIpc) is 2.23. The molecule has 0 amide bonds. The van der Waals surface area contributed by atoms with Crippen molar-refractivity contribution in [2.45, 2.75) is 25.3 Å². The lowest BCUT2D eigenvalue weighted by molar-refractivity contribution is 0.443. The highest BCUT2D eigenvalue weighted by molar-refractivity contribution is 5.43. The molecule has 16 heavy (non-hydrogen) atoms. The fourth-order valence-electron chi connectivity index (χ4n) is 1.48. The van der Waals surface area contributed by atoms with Gasteiger partial charge in [-0.2, -0.15) is 15.0 Å². The van der Waals surface area contributed by atoms with Gasteiger partial charge in [0.05, 0.1) is 0 Å². The summed E-state index contributed by atoms with van der Waals surface area (Å²) in [4.78, 5) is 14.8. The molecule has 1 heterocycles. The summed E-state index contributed by atoms with van der Waals surface area (Å²) in [5.41, 5.74) is 0. The first-order valence-corrected chi connectivity index (χ1v) is 5.56. The van der Waals surface area contributed by atoms with Crippen molar-refractivity contribution >= 4 is 17.8 Å². The zero-order chi connectivity index (χ0) is 11.5. The number of nitrogens with one attached hydrogen (secondary N) is 2. The summed E-state index contributed by atoms with van der Waals surface area (Å²) in [6.07, 6.45) is 3.71. The maximum Gasteiger partial charge on any atom is 0.231 e. The molecule has 0 spiro atoms. The molecule has 1 aliphatic rings. The third-order valence-corrected chi connectivity index (χ3v) is 2.69. The van der Waals surface area contributed by atoms with Gasteiger partial charge in [0.1, 0.15) is 0 Å². The number of hydrogen-bond donors (Lipinski definition) is 2. The highest BCUT2D eigenvalue weighted by atomic mass is 15.3. The van der Waals surface area contributed by atoms with Crippen molar-refractivity contribution in [2.24, 2.45) is 0 Å². The van der Waals surface area contributed by atoms with Crippen molar-refractivity contribution < 1.29 is 0 Å². The van der Waals surface area contributed by atoms with Crippen molar-refractivity contribution in [1.29, 1.82) is 0 Å². The lowest BCUT2D eigenvalue weighted by Crippen LogP contribution is -2.28. The minimum atomic E-state index is 0.530. The maximum atomic E-state index is 4.36. The Morgan fingerprint density at radius 1 is 1.12 bits per heavy atom. The van der Waals surface area contributed by atoms with E-state index in [1.165, 1.54) is 19.3 Å². The van der Waals surface area contributed by atoms with Gasteiger partial charge >= 0.3 is 0 Å². The van der Waals surface area contributed by atoms with Gasteiger partial charge in [0.25, 0.3) is 0 Å². The highest BCUT2D eigenvalue weighted by Gasteiger charge is 2.18. The van der Waals surface area contributed by atoms with Crippen LogP contribution in [0.3, 0.4) is 0 Å². The fraction of sp³-hybridized carbons (Fsp3) is 0.700. The topological polar surface area (TPSA) is 66.0 Å². The molecule has 2 N–H and O–H groups in total. The van der Waals surface area contributed by atoms with Crippen LogP contribution in [0.25, 0.3) is 0 Å². The third-order valence-electron chi connectivity index (χ3n) is 2.69. The normalized spacial score (nSPS) is 15.4. The number of anilines is 3. The molecular weight excluding hydrogens is 204 g/mol. The van der Waals surface area contributed by atoms with Gasteiger partial charge < -0.3 is 15.5 Å². The van der Waals surface area contributed by atoms with Crippen LogP contribution in [0, 0.1) is 0 Å². The lowest BCUT2D eigenvalue weighted by atomic mass is 9.93. The first-order valence-electron chi connectivity index (χ1n) is 5.56. The van der Waals surface area contributed by atoms with E-state index in [0.717, 1.165) is 0 Å². The molecule has 0 unspecified atom stereocenters. The van der Waals surface area contributed by atoms with E-state index in [4.69, 9.17) is 0 Å². The quantitative estimate of drug-likeness (QED) is 0.790. The average molecular weight is 222 g/mol. The van der Waals surface area contributed by atoms with Crippen LogP contribution in [0.4, 0.5) is 17.8 Å². The van der Waals surface area contributed by atoms with Crippen LogP contribution >= 0.6 is 0 Å². The fourth-order valence-corrected chi connectivity index (χ4v) is 1.48. The van der Waals surface area contributed by atoms with Crippen LogP contribution in [0.15, 0.2) is 0 Å². The second kappa shape index (κ2) is 4.51. The molecule has 0 aromatic carbocycles. The molecule has 1 aromatic rings. The molecule has 1 saturated carbocycles. The van der Waals surface area contributed by atoms with Crippen molar-refractivity contribution in [1.82, 2.24) is 15.0 Å². The molecule has 88 valence electrons. The van der Waals surface area contributed by atoms with Crippen LogP contribution in [0.2, 0.25) is 0 Å². The first-order chi connectivity index (χ1) is 7.69. The Labute approximate surface area is 95.5 Å². The molecule has 0 saturated heterocycles. The molecular formula is C10H18N6. The monoisotopic (exact) mass is 222 g/mol. The van der Waals surface area contributed by atoms with Crippen molar-refractivity contribution in [3.05, 3.63) is 0 Å². The summed E-state index contributed by atoms with van der Waals surface area (Å²) >= 11 is 0. The van der Waals surface area contributed by atoms with Gasteiger partial charge in [-0.05, 0) is 19.3 Å². The smallest absolute Gasteiger partial charge is 0.231 e. The maximum absolute atomic E-state index is 4.36. The van der Waals surface area contributed by atoms with Gasteiger partial charge in [-0.1, -0.05) is 0 Å². The van der Waals surface area contributed by atoms with Gasteiger partial charge in [-0.25, -0.2) is 0 Å². The molecule has 0 aliphatic heterocycles. The standard InChI is InChI=1S/C10H18N6/c1-11-8-13-9(12-7-5-4-6-7)15-10(14-8)16(2)3/h7H,4-6H2,1-3H3,(H2,11,12,13,14,15). The Morgan fingerprint density at radius 3 is 2.31 bits per heavy atom. The number of rotatable bonds is 4. The predicted molar refractivity (Wildman–Crippen MR) is 65.0 cm³/mol. The Bertz CT molecular complexity index is 360. The molecule has 0 atom stereocenters. The second-order valence-corrected chi connectivity index (χ2v) is 4.20. The van der Waals surface area contributed by atoms with Crippen LogP contribution in [0.1, 0.15) is 19.3 Å². The lowest BCUT2D eigenvalue weighted by Gasteiger charge is -2.26. The molecule has 0 radical (unpaired) electrons. The van der Waals surface area contributed by atoms with Crippen molar-refractivity contribution in [2.75, 3.05) is 36.7 Å². The van der Waals surface area contributed by atoms with E-state index in [9.17, 15) is 0 Å². The van der Waals surface area contributed by atoms with Crippen molar-refractivity contribution in [3.8, 4) is 0 Å². The number of nitrogens with zero attached hydrogens (tertiary/aromatic N) is 4. The summed E-state index contributed by atoms with van der Waals surface area (Å²) in [7, 11) is 5.64. The molecule has 1 aliphatic carbocycles. The Kier molecular flexibility index (Phi) is 3.07. The molecule has 6 nitrogen and oxygen atoms in total. The van der Waals surface area contributed by atoms with Gasteiger partial charge in [-0.3, -0.25) is 0 Å². The Balaban J connectivity index is 2.18. The van der Waals surface area contributed by atoms with Crippen molar-refractivity contribution in [3.63, 3.8) is 0 Å². The summed E-state index contributed by atoms with van der Waals surface area (Å²) in [5, 5.41) is 6.26. The third kappa shape index (κ3) is 2.32. The molecule has 6 heteroatoms. The zero-order valence-corrected chi connectivity index (χ0v) is 9.99. The summed E-state index contributed by atoms with van der Waals surface area (Å²) in [6, 6.07) is 0.530. The van der Waals surface area contributed by atoms with Crippen LogP contribution in [-0.4, -0.2) is 42.1 Å². The van der Waals surface area contributed by atoms with E-state index in [0.29, 0.717) is 23.9 Å². The Hall–Kier alpha value is -1.59. The minimum Gasteiger partial charge on any atom is -0.357 e. The number of aromatic nitrogens is 3. The second-order valence-electron chi connectivity index (χ2n) is 4.20. The highest BCUT2D eigenvalue weighted by Crippen LogP contribution is 2.22. The summed E-state index contributed by atoms with van der Waals surface area (Å²) < 4.78 is 0. The van der Waals surface area contributed by atoms with E-state index in [1.807, 2.05) is 26.0 Å². The van der Waals surface area contributed by atoms with Gasteiger partial charge in [0.15, 0.2) is 0 Å². The number of hydrogen-bond acceptors (Lipinski definition) is 6. The minimum absolute atomic E-state index is 0.530. The van der Waals surface area contributed by atoms with Gasteiger partial charge in [-0.15, -0.1) is 0 Å². The zero-order valence-electron chi connectivity index (χ0n) is 9.99. The molecule has 2 rings (SSSR count).